The number of aromatic nitrogens is 2. The van der Waals surface area contributed by atoms with Gasteiger partial charge in [-0.3, -0.25) is 0 Å². The molecule has 21 heavy (non-hydrogen) atoms. The van der Waals surface area contributed by atoms with Crippen molar-refractivity contribution >= 4 is 11.0 Å². The molecule has 3 heterocycles. The summed E-state index contributed by atoms with van der Waals surface area (Å²) in [5.74, 6) is 2.46. The molecular formula is C16H17N3O2. The molecule has 1 aliphatic rings. The van der Waals surface area contributed by atoms with Crippen LogP contribution in [0.4, 0.5) is 0 Å². The fourth-order valence-corrected chi connectivity index (χ4v) is 2.88. The molecule has 1 fully saturated rings. The van der Waals surface area contributed by atoms with E-state index in [1.807, 2.05) is 30.3 Å². The molecule has 2 aromatic heterocycles. The SMILES string of the molecule is c1ccc2oc(-c3nc(CC4CCCNC4)no3)cc2c1. The average Bonchev–Trinajstić information content (AvgIpc) is 3.14. The van der Waals surface area contributed by atoms with Gasteiger partial charge in [-0.25, -0.2) is 0 Å². The Kier molecular flexibility index (Phi) is 3.20. The van der Waals surface area contributed by atoms with Gasteiger partial charge in [0.2, 0.25) is 0 Å². The summed E-state index contributed by atoms with van der Waals surface area (Å²) in [6, 6.07) is 9.81. The van der Waals surface area contributed by atoms with Crippen LogP contribution in [0.25, 0.3) is 22.6 Å². The van der Waals surface area contributed by atoms with E-state index in [1.165, 1.54) is 12.8 Å². The maximum Gasteiger partial charge on any atom is 0.293 e. The molecule has 0 spiro atoms. The number of nitrogens with zero attached hydrogens (tertiary/aromatic N) is 2. The predicted molar refractivity (Wildman–Crippen MR) is 78.8 cm³/mol. The highest BCUT2D eigenvalue weighted by molar-refractivity contribution is 5.81. The molecule has 1 aromatic carbocycles. The van der Waals surface area contributed by atoms with Gasteiger partial charge in [0, 0.05) is 11.8 Å². The lowest BCUT2D eigenvalue weighted by molar-refractivity contribution is 0.359. The minimum atomic E-state index is 0.463. The van der Waals surface area contributed by atoms with Crippen molar-refractivity contribution in [2.45, 2.75) is 19.3 Å². The van der Waals surface area contributed by atoms with Crippen LogP contribution in [0.5, 0.6) is 0 Å². The first-order valence-electron chi connectivity index (χ1n) is 7.41. The zero-order chi connectivity index (χ0) is 14.1. The van der Waals surface area contributed by atoms with Crippen LogP contribution in [-0.4, -0.2) is 23.2 Å². The molecular weight excluding hydrogens is 266 g/mol. The van der Waals surface area contributed by atoms with Crippen molar-refractivity contribution in [3.8, 4) is 11.7 Å². The first-order valence-corrected chi connectivity index (χ1v) is 7.41. The van der Waals surface area contributed by atoms with E-state index in [-0.39, 0.29) is 0 Å². The Morgan fingerprint density at radius 1 is 1.29 bits per heavy atom. The van der Waals surface area contributed by atoms with E-state index in [0.717, 1.165) is 36.3 Å². The summed E-state index contributed by atoms with van der Waals surface area (Å²) in [5, 5.41) is 8.53. The molecule has 0 amide bonds. The second kappa shape index (κ2) is 5.33. The third-order valence-electron chi connectivity index (χ3n) is 3.97. The highest BCUT2D eigenvalue weighted by Gasteiger charge is 2.18. The first kappa shape index (κ1) is 12.6. The van der Waals surface area contributed by atoms with Crippen LogP contribution in [0.2, 0.25) is 0 Å². The van der Waals surface area contributed by atoms with E-state index < -0.39 is 0 Å². The number of rotatable bonds is 3. The van der Waals surface area contributed by atoms with Gasteiger partial charge >= 0.3 is 0 Å². The maximum absolute atomic E-state index is 5.75. The van der Waals surface area contributed by atoms with E-state index in [1.54, 1.807) is 0 Å². The van der Waals surface area contributed by atoms with Gasteiger partial charge in [0.1, 0.15) is 5.58 Å². The van der Waals surface area contributed by atoms with E-state index in [0.29, 0.717) is 17.6 Å². The minimum Gasteiger partial charge on any atom is -0.451 e. The second-order valence-electron chi connectivity index (χ2n) is 5.58. The van der Waals surface area contributed by atoms with Crippen molar-refractivity contribution in [3.05, 3.63) is 36.2 Å². The van der Waals surface area contributed by atoms with Crippen LogP contribution in [-0.2, 0) is 6.42 Å². The van der Waals surface area contributed by atoms with Gasteiger partial charge in [-0.05, 0) is 44.0 Å². The predicted octanol–water partition coefficient (Wildman–Crippen LogP) is 3.02. The Bertz CT molecular complexity index is 708. The summed E-state index contributed by atoms with van der Waals surface area (Å²) in [4.78, 5) is 4.47. The third-order valence-corrected chi connectivity index (χ3v) is 3.97. The topological polar surface area (TPSA) is 64.1 Å². The van der Waals surface area contributed by atoms with Crippen molar-refractivity contribution in [1.29, 1.82) is 0 Å². The summed E-state index contributed by atoms with van der Waals surface area (Å²) < 4.78 is 11.1. The lowest BCUT2D eigenvalue weighted by atomic mass is 9.96. The monoisotopic (exact) mass is 283 g/mol. The Hall–Kier alpha value is -2.14. The molecule has 1 atom stereocenters. The highest BCUT2D eigenvalue weighted by Crippen LogP contribution is 2.27. The van der Waals surface area contributed by atoms with Crippen LogP contribution in [0.1, 0.15) is 18.7 Å². The van der Waals surface area contributed by atoms with E-state index in [2.05, 4.69) is 15.5 Å². The van der Waals surface area contributed by atoms with Crippen LogP contribution in [0, 0.1) is 5.92 Å². The minimum absolute atomic E-state index is 0.463. The Morgan fingerprint density at radius 2 is 2.24 bits per heavy atom. The van der Waals surface area contributed by atoms with Crippen molar-refractivity contribution in [2.24, 2.45) is 5.92 Å². The number of furan rings is 1. The number of para-hydroxylation sites is 1. The van der Waals surface area contributed by atoms with Gasteiger partial charge in [0.05, 0.1) is 0 Å². The van der Waals surface area contributed by atoms with Crippen LogP contribution < -0.4 is 5.32 Å². The molecule has 0 bridgehead atoms. The third kappa shape index (κ3) is 2.56. The molecule has 1 N–H and O–H groups in total. The van der Waals surface area contributed by atoms with Gasteiger partial charge < -0.3 is 14.3 Å². The fraction of sp³-hybridized carbons (Fsp3) is 0.375. The maximum atomic E-state index is 5.75. The first-order chi connectivity index (χ1) is 10.4. The molecule has 3 aromatic rings. The van der Waals surface area contributed by atoms with Crippen LogP contribution in [0.3, 0.4) is 0 Å². The Labute approximate surface area is 122 Å². The molecule has 0 saturated carbocycles. The van der Waals surface area contributed by atoms with E-state index >= 15 is 0 Å². The zero-order valence-corrected chi connectivity index (χ0v) is 11.7. The smallest absolute Gasteiger partial charge is 0.293 e. The lowest BCUT2D eigenvalue weighted by Gasteiger charge is -2.20. The van der Waals surface area contributed by atoms with Crippen molar-refractivity contribution in [1.82, 2.24) is 15.5 Å². The quantitative estimate of drug-likeness (QED) is 0.800. The van der Waals surface area contributed by atoms with Crippen molar-refractivity contribution in [3.63, 3.8) is 0 Å². The molecule has 4 rings (SSSR count). The normalized spacial score (nSPS) is 19.1. The molecule has 5 nitrogen and oxygen atoms in total. The summed E-state index contributed by atoms with van der Waals surface area (Å²) in [6.45, 7) is 2.15. The summed E-state index contributed by atoms with van der Waals surface area (Å²) in [6.07, 6.45) is 3.30. The van der Waals surface area contributed by atoms with E-state index in [9.17, 15) is 0 Å². The molecule has 1 unspecified atom stereocenters. The standard InChI is InChI=1S/C16H17N3O2/c1-2-6-13-12(5-1)9-14(20-13)16-18-15(19-21-16)8-11-4-3-7-17-10-11/h1-2,5-6,9,11,17H,3-4,7-8,10H2. The Balaban J connectivity index is 1.55. The molecule has 0 aliphatic carbocycles. The number of hydrogen-bond acceptors (Lipinski definition) is 5. The summed E-state index contributed by atoms with van der Waals surface area (Å²) in [5.41, 5.74) is 0.837. The number of nitrogens with one attached hydrogen (secondary N) is 1. The van der Waals surface area contributed by atoms with Gasteiger partial charge in [-0.2, -0.15) is 4.98 Å². The highest BCUT2D eigenvalue weighted by atomic mass is 16.5. The molecule has 1 saturated heterocycles. The number of hydrogen-bond donors (Lipinski definition) is 1. The molecule has 108 valence electrons. The average molecular weight is 283 g/mol. The summed E-state index contributed by atoms with van der Waals surface area (Å²) >= 11 is 0. The van der Waals surface area contributed by atoms with Crippen LogP contribution in [0.15, 0.2) is 39.3 Å². The Morgan fingerprint density at radius 3 is 3.10 bits per heavy atom. The molecule has 1 aliphatic heterocycles. The van der Waals surface area contributed by atoms with Crippen LogP contribution >= 0.6 is 0 Å². The van der Waals surface area contributed by atoms with E-state index in [4.69, 9.17) is 8.94 Å². The number of fused-ring (bicyclic) bond motifs is 1. The summed E-state index contributed by atoms with van der Waals surface area (Å²) in [7, 11) is 0. The van der Waals surface area contributed by atoms with Crippen molar-refractivity contribution in [2.75, 3.05) is 13.1 Å². The number of piperidine rings is 1. The lowest BCUT2D eigenvalue weighted by Crippen LogP contribution is -2.31. The van der Waals surface area contributed by atoms with Gasteiger partial charge in [0.25, 0.3) is 5.89 Å². The zero-order valence-electron chi connectivity index (χ0n) is 11.7. The fourth-order valence-electron chi connectivity index (χ4n) is 2.88. The molecule has 5 heteroatoms. The van der Waals surface area contributed by atoms with Gasteiger partial charge in [-0.1, -0.05) is 23.4 Å². The second-order valence-corrected chi connectivity index (χ2v) is 5.58. The van der Waals surface area contributed by atoms with Gasteiger partial charge in [0.15, 0.2) is 11.6 Å². The van der Waals surface area contributed by atoms with Gasteiger partial charge in [-0.15, -0.1) is 0 Å². The number of benzene rings is 1. The largest absolute Gasteiger partial charge is 0.451 e. The molecule has 0 radical (unpaired) electrons. The van der Waals surface area contributed by atoms with Crippen molar-refractivity contribution < 1.29 is 8.94 Å².